The molecule has 2 aromatic heterocycles. The number of halogens is 2. The smallest absolute Gasteiger partial charge is 0.341 e. The monoisotopic (exact) mass is 401 g/mol. The average molecular weight is 401 g/mol. The van der Waals surface area contributed by atoms with E-state index in [1.165, 1.54) is 16.7 Å². The minimum absolute atomic E-state index is 0.0109. The van der Waals surface area contributed by atoms with E-state index in [0.29, 0.717) is 19.5 Å². The Hall–Kier alpha value is -3.53. The normalized spacial score (nSPS) is 16.5. The first kappa shape index (κ1) is 18.8. The Labute approximate surface area is 163 Å². The van der Waals surface area contributed by atoms with Gasteiger partial charge in [0.05, 0.1) is 11.1 Å². The van der Waals surface area contributed by atoms with Gasteiger partial charge in [-0.1, -0.05) is 0 Å². The highest BCUT2D eigenvalue weighted by molar-refractivity contribution is 5.92. The van der Waals surface area contributed by atoms with Gasteiger partial charge >= 0.3 is 5.97 Å². The number of aromatic carboxylic acids is 1. The number of carbonyl (C=O) groups is 1. The van der Waals surface area contributed by atoms with E-state index in [9.17, 15) is 23.5 Å². The fourth-order valence-electron chi connectivity index (χ4n) is 3.45. The third kappa shape index (κ3) is 3.17. The van der Waals surface area contributed by atoms with Crippen LogP contribution in [0.15, 0.2) is 35.3 Å². The van der Waals surface area contributed by atoms with Crippen LogP contribution < -0.4 is 21.8 Å². The fraction of sp³-hybridized carbons (Fsp3) is 0.211. The number of rotatable bonds is 3. The number of nitrogens with two attached hydrogens (primary N) is 2. The van der Waals surface area contributed by atoms with E-state index >= 15 is 0 Å². The lowest BCUT2D eigenvalue weighted by Crippen LogP contribution is -2.28. The Balaban J connectivity index is 2.03. The van der Waals surface area contributed by atoms with E-state index in [1.807, 2.05) is 0 Å². The van der Waals surface area contributed by atoms with Crippen molar-refractivity contribution >= 4 is 28.5 Å². The molecule has 5 N–H and O–H groups in total. The molecule has 0 radical (unpaired) electrons. The minimum atomic E-state index is -1.48. The zero-order chi connectivity index (χ0) is 20.9. The predicted molar refractivity (Wildman–Crippen MR) is 103 cm³/mol. The minimum Gasteiger partial charge on any atom is -0.477 e. The van der Waals surface area contributed by atoms with Gasteiger partial charge in [0, 0.05) is 31.0 Å². The van der Waals surface area contributed by atoms with Crippen molar-refractivity contribution in [1.82, 2.24) is 9.55 Å². The Bertz CT molecular complexity index is 1210. The molecule has 29 heavy (non-hydrogen) atoms. The highest BCUT2D eigenvalue weighted by Gasteiger charge is 2.25. The van der Waals surface area contributed by atoms with Crippen molar-refractivity contribution in [2.75, 3.05) is 23.7 Å². The molecule has 0 aliphatic carbocycles. The van der Waals surface area contributed by atoms with Crippen molar-refractivity contribution in [3.63, 3.8) is 0 Å². The fourth-order valence-corrected chi connectivity index (χ4v) is 3.45. The first-order chi connectivity index (χ1) is 13.8. The predicted octanol–water partition coefficient (Wildman–Crippen LogP) is 1.48. The van der Waals surface area contributed by atoms with E-state index < -0.39 is 28.6 Å². The van der Waals surface area contributed by atoms with Gasteiger partial charge in [0.15, 0.2) is 17.3 Å². The average Bonchev–Trinajstić information content (AvgIpc) is 3.10. The number of nitrogen functional groups attached to an aromatic ring is 1. The molecule has 0 saturated carbocycles. The molecule has 1 saturated heterocycles. The molecule has 8 nitrogen and oxygen atoms in total. The standard InChI is InChI=1S/C19H17F2N5O3/c20-13-2-1-10(5-15(13)23)26-8-12(19(28)29)16(27)11-6-14(21)18(24-17(11)26)25-4-3-9(22)7-25/h1-2,5-6,8-9H,3-4,7,22-23H2,(H,28,29)/t9-/m0/s1. The molecule has 3 heterocycles. The molecule has 1 fully saturated rings. The molecule has 0 bridgehead atoms. The Morgan fingerprint density at radius 1 is 1.24 bits per heavy atom. The summed E-state index contributed by atoms with van der Waals surface area (Å²) in [6.07, 6.45) is 1.74. The number of hydrogen-bond acceptors (Lipinski definition) is 6. The summed E-state index contributed by atoms with van der Waals surface area (Å²) in [5.41, 5.74) is 10.2. The number of anilines is 2. The molecular weight excluding hydrogens is 384 g/mol. The third-order valence-corrected chi connectivity index (χ3v) is 4.93. The topological polar surface area (TPSA) is 127 Å². The van der Waals surface area contributed by atoms with Gasteiger partial charge in [-0.2, -0.15) is 0 Å². The van der Waals surface area contributed by atoms with Crippen LogP contribution in [0.5, 0.6) is 0 Å². The Kier molecular flexibility index (Phi) is 4.42. The van der Waals surface area contributed by atoms with Gasteiger partial charge in [0.25, 0.3) is 0 Å². The maximum atomic E-state index is 14.8. The maximum absolute atomic E-state index is 14.8. The van der Waals surface area contributed by atoms with Gasteiger partial charge in [-0.3, -0.25) is 4.79 Å². The molecular formula is C19H17F2N5O3. The van der Waals surface area contributed by atoms with Crippen LogP contribution in [0.25, 0.3) is 16.7 Å². The van der Waals surface area contributed by atoms with E-state index in [1.54, 1.807) is 4.90 Å². The summed E-state index contributed by atoms with van der Waals surface area (Å²) in [6.45, 7) is 0.897. The molecule has 4 rings (SSSR count). The number of aromatic nitrogens is 2. The summed E-state index contributed by atoms with van der Waals surface area (Å²) >= 11 is 0. The van der Waals surface area contributed by atoms with E-state index in [2.05, 4.69) is 4.98 Å². The summed E-state index contributed by atoms with van der Waals surface area (Å²) in [5, 5.41) is 9.18. The van der Waals surface area contributed by atoms with Crippen molar-refractivity contribution < 1.29 is 18.7 Å². The molecule has 0 amide bonds. The van der Waals surface area contributed by atoms with Gasteiger partial charge in [-0.15, -0.1) is 0 Å². The van der Waals surface area contributed by atoms with Crippen LogP contribution in [0.3, 0.4) is 0 Å². The van der Waals surface area contributed by atoms with Gasteiger partial charge < -0.3 is 26.0 Å². The number of carboxylic acids is 1. The summed E-state index contributed by atoms with van der Waals surface area (Å²) in [7, 11) is 0. The zero-order valence-electron chi connectivity index (χ0n) is 15.1. The van der Waals surface area contributed by atoms with Gasteiger partial charge in [0.1, 0.15) is 11.4 Å². The second-order valence-corrected chi connectivity index (χ2v) is 6.91. The highest BCUT2D eigenvalue weighted by Crippen LogP contribution is 2.26. The van der Waals surface area contributed by atoms with Crippen molar-refractivity contribution in [2.24, 2.45) is 5.73 Å². The Morgan fingerprint density at radius 2 is 2.00 bits per heavy atom. The van der Waals surface area contributed by atoms with Crippen LogP contribution in [-0.2, 0) is 0 Å². The maximum Gasteiger partial charge on any atom is 0.341 e. The molecule has 10 heteroatoms. The lowest BCUT2D eigenvalue weighted by atomic mass is 10.1. The summed E-state index contributed by atoms with van der Waals surface area (Å²) in [6, 6.07) is 4.60. The van der Waals surface area contributed by atoms with Gasteiger partial charge in [0.2, 0.25) is 5.43 Å². The van der Waals surface area contributed by atoms with E-state index in [0.717, 1.165) is 18.3 Å². The van der Waals surface area contributed by atoms with Crippen LogP contribution >= 0.6 is 0 Å². The van der Waals surface area contributed by atoms with Crippen LogP contribution in [0, 0.1) is 11.6 Å². The third-order valence-electron chi connectivity index (χ3n) is 4.93. The number of nitrogens with zero attached hydrogens (tertiary/aromatic N) is 3. The highest BCUT2D eigenvalue weighted by atomic mass is 19.1. The van der Waals surface area contributed by atoms with Crippen LogP contribution in [0.2, 0.25) is 0 Å². The van der Waals surface area contributed by atoms with Gasteiger partial charge in [-0.05, 0) is 30.7 Å². The van der Waals surface area contributed by atoms with Crippen molar-refractivity contribution in [3.05, 3.63) is 57.9 Å². The SMILES string of the molecule is Nc1cc(-n2cc(C(=O)O)c(=O)c3cc(F)c(N4CC[C@H](N)C4)nc32)ccc1F. The Morgan fingerprint density at radius 3 is 2.62 bits per heavy atom. The van der Waals surface area contributed by atoms with Crippen molar-refractivity contribution in [3.8, 4) is 5.69 Å². The zero-order valence-corrected chi connectivity index (χ0v) is 15.1. The number of fused-ring (bicyclic) bond motifs is 1. The first-order valence-electron chi connectivity index (χ1n) is 8.81. The molecule has 1 aliphatic heterocycles. The van der Waals surface area contributed by atoms with Crippen molar-refractivity contribution in [2.45, 2.75) is 12.5 Å². The molecule has 1 atom stereocenters. The lowest BCUT2D eigenvalue weighted by molar-refractivity contribution is 0.0695. The van der Waals surface area contributed by atoms with Crippen LogP contribution in [0.4, 0.5) is 20.3 Å². The summed E-state index contributed by atoms with van der Waals surface area (Å²) in [4.78, 5) is 30.1. The summed E-state index contributed by atoms with van der Waals surface area (Å²) in [5.74, 6) is -2.87. The molecule has 0 spiro atoms. The molecule has 150 valence electrons. The quantitative estimate of drug-likeness (QED) is 0.567. The number of carboxylic acid groups (broad SMARTS) is 1. The van der Waals surface area contributed by atoms with Crippen molar-refractivity contribution in [1.29, 1.82) is 0 Å². The molecule has 0 unspecified atom stereocenters. The molecule has 1 aliphatic rings. The number of pyridine rings is 2. The summed E-state index contributed by atoms with van der Waals surface area (Å²) < 4.78 is 29.6. The number of benzene rings is 1. The molecule has 3 aromatic rings. The largest absolute Gasteiger partial charge is 0.477 e. The van der Waals surface area contributed by atoms with Crippen LogP contribution in [-0.4, -0.2) is 39.8 Å². The molecule has 1 aromatic carbocycles. The van der Waals surface area contributed by atoms with Crippen LogP contribution in [0.1, 0.15) is 16.8 Å². The van der Waals surface area contributed by atoms with E-state index in [4.69, 9.17) is 11.5 Å². The second-order valence-electron chi connectivity index (χ2n) is 6.91. The number of hydrogen-bond donors (Lipinski definition) is 3. The lowest BCUT2D eigenvalue weighted by Gasteiger charge is -2.19. The van der Waals surface area contributed by atoms with Gasteiger partial charge in [-0.25, -0.2) is 18.6 Å². The van der Waals surface area contributed by atoms with E-state index in [-0.39, 0.29) is 34.3 Å². The first-order valence-corrected chi connectivity index (χ1v) is 8.81. The second kappa shape index (κ2) is 6.82.